The monoisotopic (exact) mass is 435 g/mol. The molecule has 0 atom stereocenters. The standard InChI is InChI=1S/C21H26ClN3O3S/c1-16-7-8-19(13-17(16)2)29(27,28)25-11-9-24(10-12-25)15-21(26)23-14-18-5-3-4-6-20(18)22/h3-8,13H,9-12,14-15H2,1-2H3,(H,23,26). The van der Waals surface area contributed by atoms with E-state index in [9.17, 15) is 13.2 Å². The molecule has 2 aromatic rings. The zero-order chi connectivity index (χ0) is 21.0. The number of benzene rings is 2. The van der Waals surface area contributed by atoms with E-state index in [1.54, 1.807) is 18.2 Å². The molecule has 0 spiro atoms. The van der Waals surface area contributed by atoms with Gasteiger partial charge in [0.05, 0.1) is 11.4 Å². The van der Waals surface area contributed by atoms with Crippen LogP contribution in [0.4, 0.5) is 0 Å². The molecule has 29 heavy (non-hydrogen) atoms. The highest BCUT2D eigenvalue weighted by atomic mass is 35.5. The highest BCUT2D eigenvalue weighted by molar-refractivity contribution is 7.89. The fraction of sp³-hybridized carbons (Fsp3) is 0.381. The van der Waals surface area contributed by atoms with Gasteiger partial charge in [0.25, 0.3) is 0 Å². The molecule has 1 N–H and O–H groups in total. The van der Waals surface area contributed by atoms with Crippen LogP contribution in [0.1, 0.15) is 16.7 Å². The number of hydrogen-bond donors (Lipinski definition) is 1. The molecule has 1 saturated heterocycles. The third kappa shape index (κ3) is 5.36. The van der Waals surface area contributed by atoms with Crippen LogP contribution in [0.3, 0.4) is 0 Å². The molecule has 1 fully saturated rings. The van der Waals surface area contributed by atoms with Crippen molar-refractivity contribution in [3.05, 3.63) is 64.2 Å². The summed E-state index contributed by atoms with van der Waals surface area (Å²) in [7, 11) is -3.51. The van der Waals surface area contributed by atoms with Gasteiger partial charge in [-0.25, -0.2) is 8.42 Å². The predicted molar refractivity (Wildman–Crippen MR) is 114 cm³/mol. The Morgan fingerprint density at radius 3 is 2.38 bits per heavy atom. The Morgan fingerprint density at radius 2 is 1.72 bits per heavy atom. The number of nitrogens with zero attached hydrogens (tertiary/aromatic N) is 2. The van der Waals surface area contributed by atoms with Crippen LogP contribution in [0.2, 0.25) is 5.02 Å². The van der Waals surface area contributed by atoms with Crippen LogP contribution in [-0.4, -0.2) is 56.3 Å². The Morgan fingerprint density at radius 1 is 1.03 bits per heavy atom. The van der Waals surface area contributed by atoms with E-state index in [-0.39, 0.29) is 12.5 Å². The van der Waals surface area contributed by atoms with E-state index in [1.165, 1.54) is 4.31 Å². The summed E-state index contributed by atoms with van der Waals surface area (Å²) in [4.78, 5) is 14.5. The van der Waals surface area contributed by atoms with E-state index in [0.717, 1.165) is 16.7 Å². The molecule has 0 radical (unpaired) electrons. The van der Waals surface area contributed by atoms with Crippen molar-refractivity contribution in [1.29, 1.82) is 0 Å². The lowest BCUT2D eigenvalue weighted by Gasteiger charge is -2.33. The first-order chi connectivity index (χ1) is 13.8. The minimum absolute atomic E-state index is 0.101. The molecule has 156 valence electrons. The molecule has 2 aromatic carbocycles. The maximum absolute atomic E-state index is 12.9. The van der Waals surface area contributed by atoms with Crippen LogP contribution >= 0.6 is 11.6 Å². The molecule has 0 unspecified atom stereocenters. The molecule has 8 heteroatoms. The number of nitrogens with one attached hydrogen (secondary N) is 1. The Hall–Kier alpha value is -1.93. The Kier molecular flexibility index (Phi) is 6.95. The molecule has 0 saturated carbocycles. The number of rotatable bonds is 6. The number of amides is 1. The minimum atomic E-state index is -3.51. The summed E-state index contributed by atoms with van der Waals surface area (Å²) in [6.07, 6.45) is 0. The first kappa shape index (κ1) is 21.8. The summed E-state index contributed by atoms with van der Waals surface area (Å²) in [6, 6.07) is 12.6. The van der Waals surface area contributed by atoms with E-state index in [2.05, 4.69) is 5.32 Å². The third-order valence-electron chi connectivity index (χ3n) is 5.25. The van der Waals surface area contributed by atoms with Crippen LogP contribution in [0.25, 0.3) is 0 Å². The lowest BCUT2D eigenvalue weighted by molar-refractivity contribution is -0.122. The number of hydrogen-bond acceptors (Lipinski definition) is 4. The van der Waals surface area contributed by atoms with Crippen LogP contribution in [0, 0.1) is 13.8 Å². The van der Waals surface area contributed by atoms with E-state index >= 15 is 0 Å². The van der Waals surface area contributed by atoms with Gasteiger partial charge in [0.15, 0.2) is 0 Å². The zero-order valence-corrected chi connectivity index (χ0v) is 18.3. The van der Waals surface area contributed by atoms with Gasteiger partial charge in [0.1, 0.15) is 0 Å². The highest BCUT2D eigenvalue weighted by Gasteiger charge is 2.29. The van der Waals surface area contributed by atoms with Gasteiger partial charge in [0, 0.05) is 37.7 Å². The zero-order valence-electron chi connectivity index (χ0n) is 16.7. The average Bonchev–Trinajstić information content (AvgIpc) is 2.70. The van der Waals surface area contributed by atoms with Crippen molar-refractivity contribution in [3.8, 4) is 0 Å². The fourth-order valence-electron chi connectivity index (χ4n) is 3.25. The van der Waals surface area contributed by atoms with Crippen molar-refractivity contribution in [1.82, 2.24) is 14.5 Å². The highest BCUT2D eigenvalue weighted by Crippen LogP contribution is 2.20. The van der Waals surface area contributed by atoms with Crippen molar-refractivity contribution in [2.75, 3.05) is 32.7 Å². The van der Waals surface area contributed by atoms with E-state index in [1.807, 2.05) is 43.0 Å². The molecule has 0 bridgehead atoms. The summed E-state index contributed by atoms with van der Waals surface area (Å²) < 4.78 is 27.3. The van der Waals surface area contributed by atoms with Crippen LogP contribution in [0.5, 0.6) is 0 Å². The topological polar surface area (TPSA) is 69.7 Å². The molecular formula is C21H26ClN3O3S. The van der Waals surface area contributed by atoms with Crippen molar-refractivity contribution in [2.45, 2.75) is 25.3 Å². The molecule has 0 aromatic heterocycles. The van der Waals surface area contributed by atoms with Gasteiger partial charge in [0.2, 0.25) is 15.9 Å². The number of aryl methyl sites for hydroxylation is 2. The second-order valence-electron chi connectivity index (χ2n) is 7.29. The second-order valence-corrected chi connectivity index (χ2v) is 9.64. The molecule has 6 nitrogen and oxygen atoms in total. The molecule has 3 rings (SSSR count). The number of halogens is 1. The maximum Gasteiger partial charge on any atom is 0.243 e. The molecule has 1 amide bonds. The maximum atomic E-state index is 12.9. The normalized spacial score (nSPS) is 16.0. The summed E-state index contributed by atoms with van der Waals surface area (Å²) in [5, 5.41) is 3.49. The number of sulfonamides is 1. The summed E-state index contributed by atoms with van der Waals surface area (Å²) in [5.41, 5.74) is 2.89. The first-order valence-corrected chi connectivity index (χ1v) is 11.4. The summed E-state index contributed by atoms with van der Waals surface area (Å²) in [6.45, 7) is 6.25. The minimum Gasteiger partial charge on any atom is -0.351 e. The lowest BCUT2D eigenvalue weighted by Crippen LogP contribution is -2.51. The summed E-state index contributed by atoms with van der Waals surface area (Å²) in [5.74, 6) is -0.101. The first-order valence-electron chi connectivity index (χ1n) is 9.57. The van der Waals surface area contributed by atoms with Gasteiger partial charge in [-0.05, 0) is 48.7 Å². The van der Waals surface area contributed by atoms with E-state index < -0.39 is 10.0 Å². The van der Waals surface area contributed by atoms with Gasteiger partial charge in [-0.1, -0.05) is 35.9 Å². The fourth-order valence-corrected chi connectivity index (χ4v) is 4.96. The van der Waals surface area contributed by atoms with Crippen molar-refractivity contribution in [3.63, 3.8) is 0 Å². The van der Waals surface area contributed by atoms with Gasteiger partial charge >= 0.3 is 0 Å². The van der Waals surface area contributed by atoms with Crippen molar-refractivity contribution < 1.29 is 13.2 Å². The van der Waals surface area contributed by atoms with E-state index in [0.29, 0.717) is 42.6 Å². The SMILES string of the molecule is Cc1ccc(S(=O)(=O)N2CCN(CC(=O)NCc3ccccc3Cl)CC2)cc1C. The van der Waals surface area contributed by atoms with Gasteiger partial charge in [-0.15, -0.1) is 0 Å². The number of carbonyl (C=O) groups is 1. The molecule has 1 aliphatic rings. The Labute approximate surface area is 177 Å². The second kappa shape index (κ2) is 9.26. The molecular weight excluding hydrogens is 410 g/mol. The molecule has 1 heterocycles. The largest absolute Gasteiger partial charge is 0.351 e. The van der Waals surface area contributed by atoms with Crippen molar-refractivity contribution in [2.24, 2.45) is 0 Å². The number of carbonyl (C=O) groups excluding carboxylic acids is 1. The number of piperazine rings is 1. The molecule has 1 aliphatic heterocycles. The smallest absolute Gasteiger partial charge is 0.243 e. The van der Waals surface area contributed by atoms with Gasteiger partial charge < -0.3 is 5.32 Å². The molecule has 0 aliphatic carbocycles. The average molecular weight is 436 g/mol. The van der Waals surface area contributed by atoms with Crippen LogP contribution < -0.4 is 5.32 Å². The van der Waals surface area contributed by atoms with Crippen molar-refractivity contribution >= 4 is 27.5 Å². The van der Waals surface area contributed by atoms with E-state index in [4.69, 9.17) is 11.6 Å². The van der Waals surface area contributed by atoms with Crippen LogP contribution in [-0.2, 0) is 21.4 Å². The lowest BCUT2D eigenvalue weighted by atomic mass is 10.1. The predicted octanol–water partition coefficient (Wildman–Crippen LogP) is 2.58. The van der Waals surface area contributed by atoms with Gasteiger partial charge in [-0.3, -0.25) is 9.69 Å². The quantitative estimate of drug-likeness (QED) is 0.757. The van der Waals surface area contributed by atoms with Gasteiger partial charge in [-0.2, -0.15) is 4.31 Å². The third-order valence-corrected chi connectivity index (χ3v) is 7.51. The van der Waals surface area contributed by atoms with Crippen LogP contribution in [0.15, 0.2) is 47.4 Å². The Balaban J connectivity index is 1.51. The Bertz CT molecular complexity index is 986. The summed E-state index contributed by atoms with van der Waals surface area (Å²) >= 11 is 6.10.